The van der Waals surface area contributed by atoms with E-state index in [2.05, 4.69) is 79.9 Å². The zero-order chi connectivity index (χ0) is 15.6. The van der Waals surface area contributed by atoms with E-state index in [9.17, 15) is 0 Å². The van der Waals surface area contributed by atoms with Crippen LogP contribution in [0.1, 0.15) is 25.0 Å². The van der Waals surface area contributed by atoms with Gasteiger partial charge in [-0.25, -0.2) is 0 Å². The summed E-state index contributed by atoms with van der Waals surface area (Å²) in [6.07, 6.45) is 9.11. The molecule has 0 amide bonds. The van der Waals surface area contributed by atoms with Crippen LogP contribution in [0.3, 0.4) is 0 Å². The van der Waals surface area contributed by atoms with Crippen LogP contribution in [-0.2, 0) is 0 Å². The average Bonchev–Trinajstić information content (AvgIpc) is 2.94. The molecule has 0 saturated carbocycles. The van der Waals surface area contributed by atoms with Gasteiger partial charge in [0.05, 0.1) is 11.4 Å². The number of hydrogen-bond donors (Lipinski definition) is 1. The van der Waals surface area contributed by atoms with Crippen molar-refractivity contribution in [2.24, 2.45) is 5.41 Å². The first-order valence-electron chi connectivity index (χ1n) is 7.97. The van der Waals surface area contributed by atoms with Gasteiger partial charge in [0.15, 0.2) is 0 Å². The van der Waals surface area contributed by atoms with Crippen molar-refractivity contribution in [3.8, 4) is 0 Å². The van der Waals surface area contributed by atoms with Gasteiger partial charge in [0.25, 0.3) is 0 Å². The van der Waals surface area contributed by atoms with Crippen molar-refractivity contribution in [3.05, 3.63) is 71.3 Å². The minimum atomic E-state index is 0.0930. The van der Waals surface area contributed by atoms with Crippen LogP contribution in [0.15, 0.2) is 70.0 Å². The summed E-state index contributed by atoms with van der Waals surface area (Å²) in [5.41, 5.74) is 8.04. The quantitative estimate of drug-likeness (QED) is 0.524. The number of anilines is 2. The Morgan fingerprint density at radius 3 is 2.78 bits per heavy atom. The molecule has 2 aromatic carbocycles. The first-order chi connectivity index (χ1) is 11.1. The van der Waals surface area contributed by atoms with E-state index in [1.54, 1.807) is 0 Å². The highest BCUT2D eigenvalue weighted by molar-refractivity contribution is 7.99. The van der Waals surface area contributed by atoms with Crippen molar-refractivity contribution < 1.29 is 0 Å². The monoisotopic (exact) mass is 315 g/mol. The Morgan fingerprint density at radius 1 is 1.00 bits per heavy atom. The SMILES string of the molecule is CC1(C)C=CC=C2C1=Cc1c2ccc2c1Nc1ccccc1S2. The van der Waals surface area contributed by atoms with Crippen LogP contribution in [0.4, 0.5) is 11.4 Å². The first kappa shape index (κ1) is 13.3. The maximum absolute atomic E-state index is 3.66. The molecule has 2 aromatic rings. The van der Waals surface area contributed by atoms with Gasteiger partial charge in [-0.1, -0.05) is 62.0 Å². The zero-order valence-electron chi connectivity index (χ0n) is 13.2. The van der Waals surface area contributed by atoms with Crippen LogP contribution in [-0.4, -0.2) is 0 Å². The molecule has 112 valence electrons. The topological polar surface area (TPSA) is 12.0 Å². The van der Waals surface area contributed by atoms with E-state index in [0.29, 0.717) is 0 Å². The van der Waals surface area contributed by atoms with Crippen molar-refractivity contribution in [1.82, 2.24) is 0 Å². The van der Waals surface area contributed by atoms with Crippen molar-refractivity contribution in [3.63, 3.8) is 0 Å². The average molecular weight is 315 g/mol. The lowest BCUT2D eigenvalue weighted by Gasteiger charge is -2.26. The Balaban J connectivity index is 1.71. The molecule has 0 bridgehead atoms. The van der Waals surface area contributed by atoms with Crippen LogP contribution < -0.4 is 5.32 Å². The Morgan fingerprint density at radius 2 is 1.87 bits per heavy atom. The molecule has 1 N–H and O–H groups in total. The van der Waals surface area contributed by atoms with Crippen molar-refractivity contribution >= 4 is 34.8 Å². The van der Waals surface area contributed by atoms with Crippen LogP contribution in [0.2, 0.25) is 0 Å². The molecule has 0 fully saturated rings. The van der Waals surface area contributed by atoms with Crippen molar-refractivity contribution in [1.29, 1.82) is 0 Å². The van der Waals surface area contributed by atoms with E-state index >= 15 is 0 Å². The largest absolute Gasteiger partial charge is 0.353 e. The summed E-state index contributed by atoms with van der Waals surface area (Å²) >= 11 is 1.85. The standard InChI is InChI=1S/C21H17NS/c1-21(2)11-5-6-14-13-9-10-19-20(15(13)12-16(14)21)22-17-7-3-4-8-18(17)23-19/h3-12,22H,1-2H3. The smallest absolute Gasteiger partial charge is 0.0606 e. The van der Waals surface area contributed by atoms with Gasteiger partial charge >= 0.3 is 0 Å². The molecule has 0 spiro atoms. The maximum atomic E-state index is 3.66. The molecule has 1 nitrogen and oxygen atoms in total. The molecule has 5 rings (SSSR count). The van der Waals surface area contributed by atoms with Gasteiger partial charge in [-0.2, -0.15) is 0 Å². The molecule has 0 atom stereocenters. The highest BCUT2D eigenvalue weighted by atomic mass is 32.2. The lowest BCUT2D eigenvalue weighted by atomic mass is 9.77. The number of nitrogens with one attached hydrogen (secondary N) is 1. The number of hydrogen-bond acceptors (Lipinski definition) is 2. The molecule has 0 radical (unpaired) electrons. The van der Waals surface area contributed by atoms with Gasteiger partial charge < -0.3 is 5.32 Å². The number of rotatable bonds is 0. The van der Waals surface area contributed by atoms with Gasteiger partial charge in [0, 0.05) is 20.8 Å². The van der Waals surface area contributed by atoms with Gasteiger partial charge in [0.1, 0.15) is 0 Å². The van der Waals surface area contributed by atoms with Gasteiger partial charge in [-0.15, -0.1) is 0 Å². The molecule has 0 unspecified atom stereocenters. The summed E-state index contributed by atoms with van der Waals surface area (Å²) < 4.78 is 0. The Kier molecular flexibility index (Phi) is 2.55. The summed E-state index contributed by atoms with van der Waals surface area (Å²) in [6, 6.07) is 13.1. The molecular formula is C21H17NS. The zero-order valence-corrected chi connectivity index (χ0v) is 14.0. The summed E-state index contributed by atoms with van der Waals surface area (Å²) in [4.78, 5) is 2.61. The van der Waals surface area contributed by atoms with E-state index in [1.807, 2.05) is 11.8 Å². The second-order valence-electron chi connectivity index (χ2n) is 6.84. The predicted molar refractivity (Wildman–Crippen MR) is 99.2 cm³/mol. The molecule has 2 aliphatic carbocycles. The maximum Gasteiger partial charge on any atom is 0.0606 e. The molecule has 0 aromatic heterocycles. The van der Waals surface area contributed by atoms with Crippen LogP contribution in [0.25, 0.3) is 11.6 Å². The second-order valence-corrected chi connectivity index (χ2v) is 7.93. The molecule has 3 aliphatic rings. The first-order valence-corrected chi connectivity index (χ1v) is 8.78. The van der Waals surface area contributed by atoms with Crippen LogP contribution in [0, 0.1) is 5.41 Å². The number of benzene rings is 2. The molecule has 0 saturated heterocycles. The number of para-hydroxylation sites is 1. The third kappa shape index (κ3) is 1.82. The fraction of sp³-hybridized carbons (Fsp3) is 0.143. The Bertz CT molecular complexity index is 944. The van der Waals surface area contributed by atoms with E-state index < -0.39 is 0 Å². The molecule has 1 aliphatic heterocycles. The molecule has 1 heterocycles. The fourth-order valence-electron chi connectivity index (χ4n) is 3.66. The fourth-order valence-corrected chi connectivity index (χ4v) is 4.68. The highest BCUT2D eigenvalue weighted by Crippen LogP contribution is 2.53. The van der Waals surface area contributed by atoms with E-state index in [-0.39, 0.29) is 5.41 Å². The highest BCUT2D eigenvalue weighted by Gasteiger charge is 2.33. The Hall–Kier alpha value is -2.19. The predicted octanol–water partition coefficient (Wildman–Crippen LogP) is 6.27. The molecular weight excluding hydrogens is 298 g/mol. The summed E-state index contributed by atoms with van der Waals surface area (Å²) in [5, 5.41) is 3.66. The minimum Gasteiger partial charge on any atom is -0.353 e. The van der Waals surface area contributed by atoms with Gasteiger partial charge in [-0.3, -0.25) is 0 Å². The Labute approximate surface area is 140 Å². The lowest BCUT2D eigenvalue weighted by Crippen LogP contribution is -2.12. The van der Waals surface area contributed by atoms with E-state index in [1.165, 1.54) is 43.4 Å². The van der Waals surface area contributed by atoms with Crippen molar-refractivity contribution in [2.75, 3.05) is 5.32 Å². The van der Waals surface area contributed by atoms with Gasteiger partial charge in [0.2, 0.25) is 0 Å². The van der Waals surface area contributed by atoms with E-state index in [0.717, 1.165) is 0 Å². The normalized spacial score (nSPS) is 18.9. The van der Waals surface area contributed by atoms with Gasteiger partial charge in [-0.05, 0) is 41.0 Å². The lowest BCUT2D eigenvalue weighted by molar-refractivity contribution is 0.601. The van der Waals surface area contributed by atoms with Crippen LogP contribution >= 0.6 is 11.8 Å². The second kappa shape index (κ2) is 4.42. The summed E-state index contributed by atoms with van der Waals surface area (Å²) in [7, 11) is 0. The minimum absolute atomic E-state index is 0.0930. The van der Waals surface area contributed by atoms with Crippen molar-refractivity contribution in [2.45, 2.75) is 23.6 Å². The van der Waals surface area contributed by atoms with Crippen LogP contribution in [0.5, 0.6) is 0 Å². The number of allylic oxidation sites excluding steroid dienone is 5. The molecule has 23 heavy (non-hydrogen) atoms. The van der Waals surface area contributed by atoms with E-state index in [4.69, 9.17) is 0 Å². The third-order valence-electron chi connectivity index (χ3n) is 4.91. The number of fused-ring (bicyclic) bond motifs is 6. The third-order valence-corrected chi connectivity index (χ3v) is 6.05. The summed E-state index contributed by atoms with van der Waals surface area (Å²) in [6.45, 7) is 4.58. The summed E-state index contributed by atoms with van der Waals surface area (Å²) in [5.74, 6) is 0. The molecule has 2 heteroatoms.